The molecule has 2 rings (SSSR count). The third-order valence-electron chi connectivity index (χ3n) is 5.61. The number of carbonyl (C=O) groups is 1. The van der Waals surface area contributed by atoms with E-state index in [0.29, 0.717) is 30.4 Å². The number of amides is 1. The van der Waals surface area contributed by atoms with Crippen molar-refractivity contribution in [2.24, 2.45) is 0 Å². The Bertz CT molecular complexity index is 680. The van der Waals surface area contributed by atoms with Crippen molar-refractivity contribution in [1.29, 1.82) is 0 Å². The summed E-state index contributed by atoms with van der Waals surface area (Å²) in [7, 11) is 0. The van der Waals surface area contributed by atoms with Gasteiger partial charge in [-0.15, -0.1) is 0 Å². The molecule has 0 aromatic heterocycles. The Balaban J connectivity index is 2.43. The second kappa shape index (κ2) is 9.16. The number of nitrogens with one attached hydrogen (secondary N) is 1. The number of likely N-dealkylation sites (tertiary alicyclic amines) is 1. The van der Waals surface area contributed by atoms with Crippen molar-refractivity contribution < 1.29 is 18.0 Å². The first-order chi connectivity index (χ1) is 13.1. The fraction of sp³-hybridized carbons (Fsp3) is 0.667. The van der Waals surface area contributed by atoms with Crippen LogP contribution in [-0.2, 0) is 6.18 Å². The first kappa shape index (κ1) is 22.5. The summed E-state index contributed by atoms with van der Waals surface area (Å²) in [5.41, 5.74) is 0.450. The lowest BCUT2D eigenvalue weighted by Gasteiger charge is -2.41. The number of hydrogen-bond acceptors (Lipinski definition) is 3. The van der Waals surface area contributed by atoms with E-state index in [4.69, 9.17) is 0 Å². The molecule has 7 heteroatoms. The quantitative estimate of drug-likeness (QED) is 0.767. The summed E-state index contributed by atoms with van der Waals surface area (Å²) in [4.78, 5) is 16.8. The van der Waals surface area contributed by atoms with E-state index in [2.05, 4.69) is 24.1 Å². The van der Waals surface area contributed by atoms with Gasteiger partial charge in [0, 0.05) is 49.5 Å². The van der Waals surface area contributed by atoms with Gasteiger partial charge in [-0.3, -0.25) is 4.79 Å². The Morgan fingerprint density at radius 2 is 1.86 bits per heavy atom. The van der Waals surface area contributed by atoms with Crippen LogP contribution in [-0.4, -0.2) is 49.1 Å². The van der Waals surface area contributed by atoms with Gasteiger partial charge in [0.2, 0.25) is 0 Å². The van der Waals surface area contributed by atoms with Crippen molar-refractivity contribution in [1.82, 2.24) is 10.2 Å². The zero-order chi connectivity index (χ0) is 21.1. The summed E-state index contributed by atoms with van der Waals surface area (Å²) in [6, 6.07) is 2.81. The minimum Gasteiger partial charge on any atom is -0.368 e. The van der Waals surface area contributed by atoms with Crippen LogP contribution in [0.25, 0.3) is 0 Å². The van der Waals surface area contributed by atoms with Gasteiger partial charge in [0.15, 0.2) is 0 Å². The number of halogens is 3. The van der Waals surface area contributed by atoms with Crippen LogP contribution < -0.4 is 10.2 Å². The second-order valence-corrected chi connectivity index (χ2v) is 7.67. The Labute approximate surface area is 166 Å². The molecule has 1 aliphatic rings. The highest BCUT2D eigenvalue weighted by atomic mass is 19.4. The number of anilines is 1. The van der Waals surface area contributed by atoms with E-state index in [1.165, 1.54) is 6.07 Å². The molecule has 1 aromatic rings. The molecule has 1 aliphatic heterocycles. The van der Waals surface area contributed by atoms with Gasteiger partial charge in [0.1, 0.15) is 0 Å². The van der Waals surface area contributed by atoms with Gasteiger partial charge in [0.05, 0.1) is 5.56 Å². The summed E-state index contributed by atoms with van der Waals surface area (Å²) in [6.45, 7) is 12.6. The van der Waals surface area contributed by atoms with Crippen LogP contribution in [0.4, 0.5) is 18.9 Å². The van der Waals surface area contributed by atoms with Crippen molar-refractivity contribution in [2.45, 2.75) is 65.7 Å². The lowest BCUT2D eigenvalue weighted by Crippen LogP contribution is -2.47. The Morgan fingerprint density at radius 1 is 1.25 bits per heavy atom. The third kappa shape index (κ3) is 4.99. The topological polar surface area (TPSA) is 35.6 Å². The minimum atomic E-state index is -4.50. The number of benzene rings is 1. The molecule has 1 heterocycles. The molecule has 28 heavy (non-hydrogen) atoms. The third-order valence-corrected chi connectivity index (χ3v) is 5.61. The number of nitrogens with zero attached hydrogens (tertiary/aromatic N) is 2. The van der Waals surface area contributed by atoms with Gasteiger partial charge >= 0.3 is 6.18 Å². The molecule has 0 aliphatic carbocycles. The highest BCUT2D eigenvalue weighted by Crippen LogP contribution is 2.37. The first-order valence-corrected chi connectivity index (χ1v) is 10.1. The second-order valence-electron chi connectivity index (χ2n) is 7.67. The molecule has 1 amide bonds. The summed E-state index contributed by atoms with van der Waals surface area (Å²) in [5.74, 6) is -0.460. The predicted octanol–water partition coefficient (Wildman–Crippen LogP) is 4.46. The molecule has 0 bridgehead atoms. The maximum Gasteiger partial charge on any atom is 0.416 e. The molecule has 1 N–H and O–H groups in total. The molecular weight excluding hydrogens is 367 g/mol. The maximum absolute atomic E-state index is 13.5. The van der Waals surface area contributed by atoms with Gasteiger partial charge in [-0.05, 0) is 65.2 Å². The molecule has 0 unspecified atom stereocenters. The fourth-order valence-electron chi connectivity index (χ4n) is 3.99. The lowest BCUT2D eigenvalue weighted by atomic mass is 9.96. The number of hydrogen-bond donors (Lipinski definition) is 1. The van der Waals surface area contributed by atoms with Gasteiger partial charge in [0.25, 0.3) is 5.91 Å². The number of alkyl halides is 3. The largest absolute Gasteiger partial charge is 0.416 e. The molecule has 0 spiro atoms. The average Bonchev–Trinajstić information content (AvgIpc) is 2.63. The summed E-state index contributed by atoms with van der Waals surface area (Å²) in [5, 5.41) is 2.63. The Hall–Kier alpha value is -1.76. The van der Waals surface area contributed by atoms with Crippen LogP contribution in [0.5, 0.6) is 0 Å². The molecule has 0 atom stereocenters. The monoisotopic (exact) mass is 399 g/mol. The Kier molecular flexibility index (Phi) is 7.37. The standard InChI is InChI=1S/C21H32F3N3O/c1-6-25-20(28)18-12-16(21(22,23)24)13-19(15(18)5)27(7-2)17-8-10-26(11-9-17)14(3)4/h12-14,17H,6-11H2,1-5H3,(H,25,28). The Morgan fingerprint density at radius 3 is 2.32 bits per heavy atom. The molecule has 1 fully saturated rings. The minimum absolute atomic E-state index is 0.102. The van der Waals surface area contributed by atoms with Crippen LogP contribution >= 0.6 is 0 Å². The van der Waals surface area contributed by atoms with Gasteiger partial charge in [-0.1, -0.05) is 0 Å². The SMILES string of the molecule is CCNC(=O)c1cc(C(F)(F)F)cc(N(CC)C2CCN(C(C)C)CC2)c1C. The molecule has 1 aromatic carbocycles. The lowest BCUT2D eigenvalue weighted by molar-refractivity contribution is -0.137. The van der Waals surface area contributed by atoms with Crippen LogP contribution in [0.1, 0.15) is 62.0 Å². The van der Waals surface area contributed by atoms with E-state index < -0.39 is 17.6 Å². The summed E-state index contributed by atoms with van der Waals surface area (Å²) >= 11 is 0. The highest BCUT2D eigenvalue weighted by Gasteiger charge is 2.34. The number of piperidine rings is 1. The summed E-state index contributed by atoms with van der Waals surface area (Å²) in [6.07, 6.45) is -2.69. The van der Waals surface area contributed by atoms with E-state index in [9.17, 15) is 18.0 Å². The molecule has 1 saturated heterocycles. The average molecular weight is 400 g/mol. The van der Waals surface area contributed by atoms with E-state index in [-0.39, 0.29) is 11.6 Å². The van der Waals surface area contributed by atoms with Crippen LogP contribution in [0.15, 0.2) is 12.1 Å². The normalized spacial score (nSPS) is 16.5. The van der Waals surface area contributed by atoms with E-state index in [0.717, 1.165) is 32.0 Å². The number of carbonyl (C=O) groups excluding carboxylic acids is 1. The van der Waals surface area contributed by atoms with Crippen molar-refractivity contribution >= 4 is 11.6 Å². The maximum atomic E-state index is 13.5. The van der Waals surface area contributed by atoms with E-state index in [1.54, 1.807) is 13.8 Å². The zero-order valence-electron chi connectivity index (χ0n) is 17.5. The van der Waals surface area contributed by atoms with Crippen molar-refractivity contribution in [3.8, 4) is 0 Å². The van der Waals surface area contributed by atoms with Crippen LogP contribution in [0.3, 0.4) is 0 Å². The molecular formula is C21H32F3N3O. The predicted molar refractivity (Wildman–Crippen MR) is 107 cm³/mol. The van der Waals surface area contributed by atoms with Gasteiger partial charge in [-0.2, -0.15) is 13.2 Å². The van der Waals surface area contributed by atoms with Gasteiger partial charge < -0.3 is 15.1 Å². The first-order valence-electron chi connectivity index (χ1n) is 10.1. The molecule has 158 valence electrons. The van der Waals surface area contributed by atoms with E-state index in [1.807, 2.05) is 11.8 Å². The molecule has 0 saturated carbocycles. The van der Waals surface area contributed by atoms with Crippen LogP contribution in [0.2, 0.25) is 0 Å². The molecule has 4 nitrogen and oxygen atoms in total. The van der Waals surface area contributed by atoms with Crippen LogP contribution in [0, 0.1) is 6.92 Å². The van der Waals surface area contributed by atoms with Crippen molar-refractivity contribution in [3.05, 3.63) is 28.8 Å². The fourth-order valence-corrected chi connectivity index (χ4v) is 3.99. The van der Waals surface area contributed by atoms with Gasteiger partial charge in [-0.25, -0.2) is 0 Å². The summed E-state index contributed by atoms with van der Waals surface area (Å²) < 4.78 is 40.6. The van der Waals surface area contributed by atoms with E-state index >= 15 is 0 Å². The number of rotatable bonds is 6. The molecule has 0 radical (unpaired) electrons. The zero-order valence-corrected chi connectivity index (χ0v) is 17.5. The van der Waals surface area contributed by atoms with Crippen molar-refractivity contribution in [2.75, 3.05) is 31.1 Å². The smallest absolute Gasteiger partial charge is 0.368 e. The van der Waals surface area contributed by atoms with Crippen molar-refractivity contribution in [3.63, 3.8) is 0 Å². The highest BCUT2D eigenvalue weighted by molar-refractivity contribution is 5.97.